The molecule has 9 amide bonds. The number of carboxylic acids is 1. The second-order valence-electron chi connectivity index (χ2n) is 19.9. The molecule has 78 heavy (non-hydrogen) atoms. The first kappa shape index (κ1) is 60.6. The number of hydrogen-bond acceptors (Lipinski definition) is 14. The van der Waals surface area contributed by atoms with Crippen LogP contribution in [0.25, 0.3) is 11.0 Å². The number of nitrogens with two attached hydrogens (primary N) is 3. The molecule has 27 heteroatoms. The van der Waals surface area contributed by atoms with Crippen LogP contribution in [0.5, 0.6) is 0 Å². The van der Waals surface area contributed by atoms with Gasteiger partial charge in [0.2, 0.25) is 53.2 Å². The van der Waals surface area contributed by atoms with Gasteiger partial charge in [0, 0.05) is 63.2 Å². The first-order valence-electron chi connectivity index (χ1n) is 26.1. The van der Waals surface area contributed by atoms with Crippen molar-refractivity contribution in [3.05, 3.63) is 60.2 Å². The molecule has 0 spiro atoms. The Morgan fingerprint density at radius 2 is 1.45 bits per heavy atom. The average molecular weight is 1090 g/mol. The van der Waals surface area contributed by atoms with Gasteiger partial charge in [0.25, 0.3) is 0 Å². The van der Waals surface area contributed by atoms with Gasteiger partial charge in [-0.2, -0.15) is 0 Å². The number of aromatic nitrogens is 3. The van der Waals surface area contributed by atoms with Crippen LogP contribution in [0, 0.1) is 5.92 Å². The van der Waals surface area contributed by atoms with E-state index < -0.39 is 120 Å². The van der Waals surface area contributed by atoms with E-state index in [1.165, 1.54) is 36.2 Å². The molecule has 8 atom stereocenters. The highest BCUT2D eigenvalue weighted by atomic mass is 16.4. The number of pyridine rings is 2. The molecule has 424 valence electrons. The maximum atomic E-state index is 15.0. The van der Waals surface area contributed by atoms with Gasteiger partial charge in [-0.25, -0.2) is 4.98 Å². The van der Waals surface area contributed by atoms with Crippen LogP contribution in [0.15, 0.2) is 54.0 Å². The van der Waals surface area contributed by atoms with Crippen LogP contribution in [0.1, 0.15) is 89.7 Å². The Morgan fingerprint density at radius 3 is 2.14 bits per heavy atom. The lowest BCUT2D eigenvalue weighted by Gasteiger charge is -2.35. The molecule has 2 aliphatic rings. The van der Waals surface area contributed by atoms with E-state index in [0.29, 0.717) is 41.4 Å². The summed E-state index contributed by atoms with van der Waals surface area (Å²) in [6, 6.07) is -4.13. The number of aliphatic carboxylic acids is 1. The Balaban J connectivity index is 1.57. The Bertz CT molecular complexity index is 2640. The molecule has 2 saturated heterocycles. The summed E-state index contributed by atoms with van der Waals surface area (Å²) in [5, 5.41) is 28.5. The van der Waals surface area contributed by atoms with Gasteiger partial charge >= 0.3 is 5.97 Å². The molecule has 7 unspecified atom stereocenters. The predicted molar refractivity (Wildman–Crippen MR) is 284 cm³/mol. The lowest BCUT2D eigenvalue weighted by molar-refractivity contribution is -0.148. The summed E-state index contributed by atoms with van der Waals surface area (Å²) in [6.07, 6.45) is 6.64. The van der Waals surface area contributed by atoms with Crippen molar-refractivity contribution in [2.24, 2.45) is 28.1 Å². The maximum absolute atomic E-state index is 15.0. The third kappa shape index (κ3) is 17.7. The Labute approximate surface area is 451 Å². The monoisotopic (exact) mass is 1090 g/mol. The number of hydrogen-bond donors (Lipinski definition) is 12. The number of fused-ring (bicyclic) bond motifs is 2. The van der Waals surface area contributed by atoms with Crippen LogP contribution in [0.3, 0.4) is 0 Å². The van der Waals surface area contributed by atoms with Crippen molar-refractivity contribution in [2.75, 3.05) is 33.2 Å². The van der Waals surface area contributed by atoms with Gasteiger partial charge in [-0.3, -0.25) is 57.9 Å². The number of likely N-dealkylation sites (N-methyl/N-ethyl adjacent to an activating group) is 1. The van der Waals surface area contributed by atoms with E-state index in [4.69, 9.17) is 17.2 Å². The van der Waals surface area contributed by atoms with E-state index in [-0.39, 0.29) is 76.5 Å². The zero-order valence-corrected chi connectivity index (χ0v) is 44.4. The van der Waals surface area contributed by atoms with E-state index in [1.54, 1.807) is 50.5 Å². The van der Waals surface area contributed by atoms with Gasteiger partial charge in [-0.15, -0.1) is 0 Å². The lowest BCUT2D eigenvalue weighted by atomic mass is 10.0. The van der Waals surface area contributed by atoms with Crippen LogP contribution >= 0.6 is 0 Å². The van der Waals surface area contributed by atoms with Crippen molar-refractivity contribution < 1.29 is 53.1 Å². The van der Waals surface area contributed by atoms with E-state index in [1.807, 2.05) is 0 Å². The van der Waals surface area contributed by atoms with Gasteiger partial charge in [0.1, 0.15) is 54.0 Å². The topological polar surface area (TPSA) is 414 Å². The quantitative estimate of drug-likeness (QED) is 0.0395. The summed E-state index contributed by atoms with van der Waals surface area (Å²) >= 11 is 0. The van der Waals surface area contributed by atoms with Crippen LogP contribution in [-0.4, -0.2) is 177 Å². The van der Waals surface area contributed by atoms with Crippen LogP contribution in [0.2, 0.25) is 0 Å². The molecule has 0 bridgehead atoms. The summed E-state index contributed by atoms with van der Waals surface area (Å²) in [6.45, 7) is 4.48. The Hall–Kier alpha value is -8.23. The van der Waals surface area contributed by atoms with Gasteiger partial charge < -0.3 is 74.3 Å². The molecule has 5 heterocycles. The first-order valence-corrected chi connectivity index (χ1v) is 26.1. The number of nitrogens with one attached hydrogen (secondary N) is 8. The van der Waals surface area contributed by atoms with E-state index in [9.17, 15) is 53.1 Å². The van der Waals surface area contributed by atoms with Crippen molar-refractivity contribution >= 4 is 76.1 Å². The van der Waals surface area contributed by atoms with Gasteiger partial charge in [0.05, 0.1) is 13.0 Å². The molecule has 2 fully saturated rings. The van der Waals surface area contributed by atoms with Crippen molar-refractivity contribution in [2.45, 2.75) is 140 Å². The normalized spacial score (nSPS) is 24.0. The molecule has 27 nitrogen and oxygen atoms in total. The minimum Gasteiger partial charge on any atom is -0.481 e. The average Bonchev–Trinajstić information content (AvgIpc) is 4.08. The minimum atomic E-state index is -1.77. The zero-order valence-electron chi connectivity index (χ0n) is 44.4. The number of H-pyrrole nitrogens is 1. The van der Waals surface area contributed by atoms with Crippen LogP contribution in [-0.2, 0) is 60.8 Å². The molecule has 0 aromatic carbocycles. The SMILES string of the molecule is CC(C)CC1NC(=O)C(CC(=O)O)NC(=O)CNC(=O)C(CCCN=C(N)N)NC(=O)C(Cc2ccncc2)NC(=O)C(CCCCN)N(C)C(=O)[C@H]2CCCN2C(=O)C(Cc2c[nH]c3ncccc23)NC(=O)C(C)NC1=O. The van der Waals surface area contributed by atoms with Gasteiger partial charge in [-0.1, -0.05) is 13.8 Å². The maximum Gasteiger partial charge on any atom is 0.305 e. The van der Waals surface area contributed by atoms with Gasteiger partial charge in [-0.05, 0) is 106 Å². The largest absolute Gasteiger partial charge is 0.481 e. The summed E-state index contributed by atoms with van der Waals surface area (Å²) in [5.41, 5.74) is 18.6. The third-order valence-electron chi connectivity index (χ3n) is 13.4. The second-order valence-corrected chi connectivity index (χ2v) is 19.9. The predicted octanol–water partition coefficient (Wildman–Crippen LogP) is -2.68. The molecule has 3 aromatic rings. The van der Waals surface area contributed by atoms with Crippen molar-refractivity contribution in [1.82, 2.24) is 62.0 Å². The van der Waals surface area contributed by atoms with E-state index in [2.05, 4.69) is 57.2 Å². The summed E-state index contributed by atoms with van der Waals surface area (Å²) in [5.74, 6) is -9.37. The minimum absolute atomic E-state index is 0.00105. The fourth-order valence-corrected chi connectivity index (χ4v) is 9.31. The van der Waals surface area contributed by atoms with E-state index >= 15 is 0 Å². The number of aromatic amines is 1. The van der Waals surface area contributed by atoms with Gasteiger partial charge in [0.15, 0.2) is 5.96 Å². The molecule has 2 aliphatic heterocycles. The third-order valence-corrected chi connectivity index (χ3v) is 13.4. The number of guanidine groups is 1. The zero-order chi connectivity index (χ0) is 57.1. The van der Waals surface area contributed by atoms with Crippen LogP contribution < -0.4 is 54.4 Å². The number of carbonyl (C=O) groups excluding carboxylic acids is 9. The van der Waals surface area contributed by atoms with Crippen molar-refractivity contribution in [3.8, 4) is 0 Å². The number of unbranched alkanes of at least 4 members (excludes halogenated alkanes) is 1. The Morgan fingerprint density at radius 1 is 0.769 bits per heavy atom. The fraction of sp³-hybridized carbons (Fsp3) is 0.549. The molecule has 15 N–H and O–H groups in total. The first-order chi connectivity index (χ1) is 37.2. The standard InChI is InChI=1S/C51H74N16O11/c1-28(2)22-34-45(73)60-29(3)43(71)65-37(24-31-26-58-42-32(31)10-7-17-56-42)49(77)67-21-9-13-39(67)50(78)66(4)38(12-5-6-16-52)48(76)64-35(23-30-14-19-55-20-15-30)46(74)62-33(11-8-18-57-51(53)54)44(72)59-27-40(68)61-36(25-41(69)70)47(75)63-34/h7,10,14-15,17,19-20,26,28-29,33-39H,5-6,8-9,11-13,16,18,21-25,27,52H2,1-4H3,(H,56,58)(H,59,72)(H,60,73)(H,61,68)(H,62,74)(H,63,75)(H,64,76)(H,65,71)(H,69,70)(H4,53,54,57)/t29?,33?,34?,35?,36?,37?,38?,39-/m1/s1. The second kappa shape index (κ2) is 29.3. The smallest absolute Gasteiger partial charge is 0.305 e. The lowest BCUT2D eigenvalue weighted by Crippen LogP contribution is -2.60. The highest BCUT2D eigenvalue weighted by Gasteiger charge is 2.42. The fourth-order valence-electron chi connectivity index (χ4n) is 9.31. The molecule has 0 saturated carbocycles. The van der Waals surface area contributed by atoms with Crippen molar-refractivity contribution in [3.63, 3.8) is 0 Å². The number of rotatable bonds is 16. The molecule has 0 radical (unpaired) electrons. The van der Waals surface area contributed by atoms with E-state index in [0.717, 1.165) is 0 Å². The summed E-state index contributed by atoms with van der Waals surface area (Å²) < 4.78 is 0. The molecular weight excluding hydrogens is 1010 g/mol. The molecule has 3 aromatic heterocycles. The summed E-state index contributed by atoms with van der Waals surface area (Å²) in [4.78, 5) is 158. The number of aliphatic imine (C=N–C) groups is 1. The Kier molecular flexibility index (Phi) is 22.8. The van der Waals surface area contributed by atoms with Crippen molar-refractivity contribution in [1.29, 1.82) is 0 Å². The highest BCUT2D eigenvalue weighted by Crippen LogP contribution is 2.25. The highest BCUT2D eigenvalue weighted by molar-refractivity contribution is 5.99. The number of carbonyl (C=O) groups is 10. The number of nitrogens with zero attached hydrogens (tertiary/aromatic N) is 5. The summed E-state index contributed by atoms with van der Waals surface area (Å²) in [7, 11) is 1.43. The van der Waals surface area contributed by atoms with Crippen LogP contribution in [0.4, 0.5) is 0 Å². The number of carboxylic acid groups (broad SMARTS) is 1. The number of amides is 9. The molecule has 0 aliphatic carbocycles. The molecule has 5 rings (SSSR count). The molecular formula is C51H74N16O11.